The molecule has 0 spiro atoms. The first-order chi connectivity index (χ1) is 5.04. The molecule has 0 aromatic heterocycles. The Morgan fingerprint density at radius 2 is 2.09 bits per heavy atom. The number of nitrogens with zero attached hydrogens (tertiary/aromatic N) is 1. The molecule has 4 heteroatoms. The fourth-order valence-electron chi connectivity index (χ4n) is 0.603. The Balaban J connectivity index is 4.15. The minimum absolute atomic E-state index is 0.137. The first kappa shape index (κ1) is 10.4. The van der Waals surface area contributed by atoms with E-state index in [-0.39, 0.29) is 5.75 Å². The molecular formula is C7H13NO2S. The molecule has 0 heterocycles. The van der Waals surface area contributed by atoms with Crippen molar-refractivity contribution in [2.45, 2.75) is 31.9 Å². The summed E-state index contributed by atoms with van der Waals surface area (Å²) >= 11 is 0. The SMILES string of the molecule is CCCCS(=O)(=O)C(C)C#N. The topological polar surface area (TPSA) is 57.9 Å². The molecule has 0 bridgehead atoms. The van der Waals surface area contributed by atoms with E-state index in [2.05, 4.69) is 0 Å². The van der Waals surface area contributed by atoms with Crippen molar-refractivity contribution in [3.05, 3.63) is 0 Å². The summed E-state index contributed by atoms with van der Waals surface area (Å²) in [6.45, 7) is 3.34. The van der Waals surface area contributed by atoms with Gasteiger partial charge in [-0.15, -0.1) is 0 Å². The second-order valence-corrected chi connectivity index (χ2v) is 4.93. The second-order valence-electron chi connectivity index (χ2n) is 2.49. The largest absolute Gasteiger partial charge is 0.227 e. The number of rotatable bonds is 4. The van der Waals surface area contributed by atoms with E-state index in [1.165, 1.54) is 6.92 Å². The third-order valence-electron chi connectivity index (χ3n) is 1.50. The van der Waals surface area contributed by atoms with Gasteiger partial charge in [-0.05, 0) is 13.3 Å². The van der Waals surface area contributed by atoms with Crippen LogP contribution in [-0.4, -0.2) is 19.4 Å². The van der Waals surface area contributed by atoms with Gasteiger partial charge in [-0.2, -0.15) is 5.26 Å². The Bertz CT molecular complexity index is 238. The van der Waals surface area contributed by atoms with Crippen molar-refractivity contribution in [3.63, 3.8) is 0 Å². The van der Waals surface area contributed by atoms with Gasteiger partial charge in [0.1, 0.15) is 5.25 Å². The molecule has 0 rings (SSSR count). The van der Waals surface area contributed by atoms with Gasteiger partial charge in [-0.1, -0.05) is 13.3 Å². The average Bonchev–Trinajstić information content (AvgIpc) is 1.99. The number of hydrogen-bond acceptors (Lipinski definition) is 3. The molecule has 3 nitrogen and oxygen atoms in total. The molecule has 0 aromatic carbocycles. The smallest absolute Gasteiger partial charge is 0.166 e. The van der Waals surface area contributed by atoms with Gasteiger partial charge in [-0.3, -0.25) is 0 Å². The molecule has 1 unspecified atom stereocenters. The number of sulfone groups is 1. The average molecular weight is 175 g/mol. The van der Waals surface area contributed by atoms with Crippen LogP contribution < -0.4 is 0 Å². The summed E-state index contributed by atoms with van der Waals surface area (Å²) in [5, 5.41) is 7.49. The van der Waals surface area contributed by atoms with Crippen LogP contribution in [0.3, 0.4) is 0 Å². The number of hydrogen-bond donors (Lipinski definition) is 0. The van der Waals surface area contributed by atoms with Gasteiger partial charge in [0.15, 0.2) is 9.84 Å². The van der Waals surface area contributed by atoms with Crippen LogP contribution in [0.2, 0.25) is 0 Å². The molecule has 0 N–H and O–H groups in total. The van der Waals surface area contributed by atoms with Crippen molar-refractivity contribution < 1.29 is 8.42 Å². The zero-order valence-corrected chi connectivity index (χ0v) is 7.69. The van der Waals surface area contributed by atoms with Gasteiger partial charge in [-0.25, -0.2) is 8.42 Å². The fourth-order valence-corrected chi connectivity index (χ4v) is 1.81. The molecule has 0 amide bonds. The monoisotopic (exact) mass is 175 g/mol. The quantitative estimate of drug-likeness (QED) is 0.643. The Kier molecular flexibility index (Phi) is 4.12. The predicted octanol–water partition coefficient (Wildman–Crippen LogP) is 1.11. The van der Waals surface area contributed by atoms with Gasteiger partial charge in [0, 0.05) is 0 Å². The first-order valence-electron chi connectivity index (χ1n) is 3.65. The summed E-state index contributed by atoms with van der Waals surface area (Å²) in [4.78, 5) is 0. The molecule has 1 atom stereocenters. The summed E-state index contributed by atoms with van der Waals surface area (Å²) in [7, 11) is -3.13. The van der Waals surface area contributed by atoms with Crippen molar-refractivity contribution in [2.24, 2.45) is 0 Å². The van der Waals surface area contributed by atoms with E-state index >= 15 is 0 Å². The lowest BCUT2D eigenvalue weighted by Crippen LogP contribution is -2.18. The van der Waals surface area contributed by atoms with Crippen molar-refractivity contribution >= 4 is 9.84 Å². The maximum absolute atomic E-state index is 11.1. The molecule has 0 fully saturated rings. The predicted molar refractivity (Wildman–Crippen MR) is 43.8 cm³/mol. The third kappa shape index (κ3) is 3.38. The first-order valence-corrected chi connectivity index (χ1v) is 5.37. The Morgan fingerprint density at radius 1 is 1.55 bits per heavy atom. The van der Waals surface area contributed by atoms with Crippen LogP contribution in [0.25, 0.3) is 0 Å². The Hall–Kier alpha value is -0.560. The van der Waals surface area contributed by atoms with Crippen LogP contribution >= 0.6 is 0 Å². The molecular weight excluding hydrogens is 162 g/mol. The van der Waals surface area contributed by atoms with E-state index in [1.54, 1.807) is 6.07 Å². The maximum Gasteiger partial charge on any atom is 0.166 e. The van der Waals surface area contributed by atoms with Crippen LogP contribution in [-0.2, 0) is 9.84 Å². The highest BCUT2D eigenvalue weighted by molar-refractivity contribution is 7.92. The molecule has 0 aliphatic rings. The van der Waals surface area contributed by atoms with Crippen LogP contribution in [0.4, 0.5) is 0 Å². The highest BCUT2D eigenvalue weighted by Gasteiger charge is 2.18. The third-order valence-corrected chi connectivity index (χ3v) is 3.54. The minimum Gasteiger partial charge on any atom is -0.227 e. The molecule has 0 saturated carbocycles. The normalized spacial score (nSPS) is 13.9. The van der Waals surface area contributed by atoms with E-state index in [0.29, 0.717) is 6.42 Å². The second kappa shape index (κ2) is 4.35. The van der Waals surface area contributed by atoms with Crippen LogP contribution in [0, 0.1) is 11.3 Å². The van der Waals surface area contributed by atoms with Gasteiger partial charge in [0.2, 0.25) is 0 Å². The van der Waals surface area contributed by atoms with Crippen LogP contribution in [0.1, 0.15) is 26.7 Å². The summed E-state index contributed by atoms with van der Waals surface area (Å²) in [6.07, 6.45) is 1.49. The molecule has 0 aliphatic carbocycles. The van der Waals surface area contributed by atoms with Crippen molar-refractivity contribution in [1.82, 2.24) is 0 Å². The van der Waals surface area contributed by atoms with E-state index in [4.69, 9.17) is 5.26 Å². The highest BCUT2D eigenvalue weighted by Crippen LogP contribution is 2.03. The zero-order chi connectivity index (χ0) is 8.91. The maximum atomic E-state index is 11.1. The van der Waals surface area contributed by atoms with Crippen molar-refractivity contribution in [3.8, 4) is 6.07 Å². The van der Waals surface area contributed by atoms with Gasteiger partial charge in [0.05, 0.1) is 11.8 Å². The van der Waals surface area contributed by atoms with E-state index in [0.717, 1.165) is 6.42 Å². The minimum atomic E-state index is -3.13. The lowest BCUT2D eigenvalue weighted by molar-refractivity contribution is 0.588. The molecule has 11 heavy (non-hydrogen) atoms. The van der Waals surface area contributed by atoms with E-state index in [9.17, 15) is 8.42 Å². The van der Waals surface area contributed by atoms with Gasteiger partial charge < -0.3 is 0 Å². The van der Waals surface area contributed by atoms with Crippen LogP contribution in [0.15, 0.2) is 0 Å². The van der Waals surface area contributed by atoms with Gasteiger partial charge >= 0.3 is 0 Å². The Morgan fingerprint density at radius 3 is 2.45 bits per heavy atom. The van der Waals surface area contributed by atoms with E-state index < -0.39 is 15.1 Å². The number of unbranched alkanes of at least 4 members (excludes halogenated alkanes) is 1. The lowest BCUT2D eigenvalue weighted by Gasteiger charge is -2.02. The fraction of sp³-hybridized carbons (Fsp3) is 0.857. The summed E-state index contributed by atoms with van der Waals surface area (Å²) in [5.74, 6) is 0.137. The number of nitriles is 1. The summed E-state index contributed by atoms with van der Waals surface area (Å²) < 4.78 is 22.2. The zero-order valence-electron chi connectivity index (χ0n) is 6.87. The van der Waals surface area contributed by atoms with Crippen LogP contribution in [0.5, 0.6) is 0 Å². The van der Waals surface area contributed by atoms with Crippen molar-refractivity contribution in [2.75, 3.05) is 5.75 Å². The highest BCUT2D eigenvalue weighted by atomic mass is 32.2. The molecule has 0 radical (unpaired) electrons. The standard InChI is InChI=1S/C7H13NO2S/c1-3-4-5-11(9,10)7(2)6-8/h7H,3-5H2,1-2H3. The Labute approximate surface area is 67.9 Å². The summed E-state index contributed by atoms with van der Waals surface area (Å²) in [5.41, 5.74) is 0. The molecule has 64 valence electrons. The molecule has 0 aromatic rings. The van der Waals surface area contributed by atoms with Gasteiger partial charge in [0.25, 0.3) is 0 Å². The summed E-state index contributed by atoms with van der Waals surface area (Å²) in [6, 6.07) is 1.73. The molecule has 0 saturated heterocycles. The van der Waals surface area contributed by atoms with E-state index in [1.807, 2.05) is 6.92 Å². The molecule has 0 aliphatic heterocycles. The lowest BCUT2D eigenvalue weighted by atomic mass is 10.4. The van der Waals surface area contributed by atoms with Crippen molar-refractivity contribution in [1.29, 1.82) is 5.26 Å².